The molecule has 0 spiro atoms. The van der Waals surface area contributed by atoms with Gasteiger partial charge in [-0.2, -0.15) is 5.10 Å². The molecule has 0 saturated heterocycles. The van der Waals surface area contributed by atoms with Gasteiger partial charge < -0.3 is 10.3 Å². The quantitative estimate of drug-likeness (QED) is 0.756. The Hall–Kier alpha value is -1.98. The zero-order valence-electron chi connectivity index (χ0n) is 9.52. The number of nitrogens with zero attached hydrogens (tertiary/aromatic N) is 2. The van der Waals surface area contributed by atoms with Crippen LogP contribution in [0.2, 0.25) is 10.0 Å². The van der Waals surface area contributed by atoms with Gasteiger partial charge in [-0.1, -0.05) is 34.4 Å². The summed E-state index contributed by atoms with van der Waals surface area (Å²) in [7, 11) is 0. The summed E-state index contributed by atoms with van der Waals surface area (Å²) >= 11 is 12.1. The first-order valence-corrected chi connectivity index (χ1v) is 6.12. The molecule has 0 saturated carbocycles. The zero-order chi connectivity index (χ0) is 13.4. The van der Waals surface area contributed by atoms with E-state index in [4.69, 9.17) is 33.5 Å². The number of benzene rings is 1. The van der Waals surface area contributed by atoms with Crippen LogP contribution >= 0.6 is 23.2 Å². The highest BCUT2D eigenvalue weighted by Crippen LogP contribution is 2.39. The molecule has 5 nitrogen and oxygen atoms in total. The first-order valence-electron chi connectivity index (χ1n) is 5.37. The van der Waals surface area contributed by atoms with Gasteiger partial charge in [0, 0.05) is 16.8 Å². The van der Waals surface area contributed by atoms with Gasteiger partial charge in [-0.15, -0.1) is 0 Å². The van der Waals surface area contributed by atoms with E-state index in [0.717, 1.165) is 0 Å². The van der Waals surface area contributed by atoms with Crippen molar-refractivity contribution in [3.8, 4) is 22.6 Å². The van der Waals surface area contributed by atoms with E-state index in [1.165, 1.54) is 0 Å². The third kappa shape index (κ3) is 2.07. The molecule has 1 aromatic carbocycles. The van der Waals surface area contributed by atoms with Crippen LogP contribution in [-0.4, -0.2) is 15.4 Å². The number of aromatic nitrogens is 3. The van der Waals surface area contributed by atoms with Crippen molar-refractivity contribution in [2.75, 3.05) is 5.73 Å². The highest BCUT2D eigenvalue weighted by Gasteiger charge is 2.20. The molecule has 3 N–H and O–H groups in total. The predicted molar refractivity (Wildman–Crippen MR) is 74.0 cm³/mol. The van der Waals surface area contributed by atoms with Crippen LogP contribution in [0.4, 0.5) is 5.82 Å². The minimum Gasteiger partial charge on any atom is -0.380 e. The third-order valence-corrected chi connectivity index (χ3v) is 3.21. The molecule has 0 aliphatic rings. The number of halogens is 2. The van der Waals surface area contributed by atoms with E-state index in [1.54, 1.807) is 30.5 Å². The van der Waals surface area contributed by atoms with Crippen molar-refractivity contribution in [1.29, 1.82) is 0 Å². The summed E-state index contributed by atoms with van der Waals surface area (Å²) in [5, 5.41) is 11.5. The maximum atomic E-state index is 6.19. The first-order chi connectivity index (χ1) is 9.16. The van der Waals surface area contributed by atoms with E-state index in [2.05, 4.69) is 15.4 Å². The van der Waals surface area contributed by atoms with Gasteiger partial charge in [0.05, 0.1) is 10.6 Å². The largest absolute Gasteiger partial charge is 0.380 e. The van der Waals surface area contributed by atoms with Crippen molar-refractivity contribution in [3.63, 3.8) is 0 Å². The smallest absolute Gasteiger partial charge is 0.194 e. The highest BCUT2D eigenvalue weighted by atomic mass is 35.5. The SMILES string of the molecule is Nc1noc(-c2ccn[nH]2)c1-c1ccc(Cl)cc1Cl. The van der Waals surface area contributed by atoms with Crippen LogP contribution < -0.4 is 5.73 Å². The Bertz CT molecular complexity index is 721. The molecule has 2 heterocycles. The van der Waals surface area contributed by atoms with E-state index < -0.39 is 0 Å². The average Bonchev–Trinajstić information content (AvgIpc) is 2.99. The second-order valence-corrected chi connectivity index (χ2v) is 4.71. The molecule has 0 aliphatic carbocycles. The van der Waals surface area contributed by atoms with Crippen LogP contribution in [0.1, 0.15) is 0 Å². The van der Waals surface area contributed by atoms with E-state index >= 15 is 0 Å². The van der Waals surface area contributed by atoms with E-state index in [0.29, 0.717) is 32.6 Å². The van der Waals surface area contributed by atoms with Crippen molar-refractivity contribution < 1.29 is 4.52 Å². The second-order valence-electron chi connectivity index (χ2n) is 3.87. The molecule has 7 heteroatoms. The Kier molecular flexibility index (Phi) is 2.93. The maximum absolute atomic E-state index is 6.19. The fourth-order valence-corrected chi connectivity index (χ4v) is 2.32. The molecular formula is C12H8Cl2N4O. The summed E-state index contributed by atoms with van der Waals surface area (Å²) in [5.74, 6) is 0.744. The van der Waals surface area contributed by atoms with Crippen LogP contribution in [0.25, 0.3) is 22.6 Å². The third-order valence-electron chi connectivity index (χ3n) is 2.66. The Balaban J connectivity index is 2.22. The Labute approximate surface area is 118 Å². The molecule has 0 aliphatic heterocycles. The molecule has 2 aromatic heterocycles. The number of anilines is 1. The molecule has 0 radical (unpaired) electrons. The minimum atomic E-state index is 0.258. The van der Waals surface area contributed by atoms with Crippen LogP contribution in [0.3, 0.4) is 0 Å². The van der Waals surface area contributed by atoms with Crippen LogP contribution in [0, 0.1) is 0 Å². The van der Waals surface area contributed by atoms with Crippen molar-refractivity contribution >= 4 is 29.0 Å². The van der Waals surface area contributed by atoms with Crippen molar-refractivity contribution in [1.82, 2.24) is 15.4 Å². The molecule has 3 rings (SSSR count). The second kappa shape index (κ2) is 4.60. The lowest BCUT2D eigenvalue weighted by molar-refractivity contribution is 0.435. The standard InChI is InChI=1S/C12H8Cl2N4O/c13-6-1-2-7(8(14)5-6)10-11(19-18-12(10)15)9-3-4-16-17-9/h1-5H,(H2,15,18)(H,16,17). The number of nitrogen functional groups attached to an aromatic ring is 1. The summed E-state index contributed by atoms with van der Waals surface area (Å²) < 4.78 is 5.24. The van der Waals surface area contributed by atoms with Crippen molar-refractivity contribution in [2.45, 2.75) is 0 Å². The topological polar surface area (TPSA) is 80.7 Å². The first kappa shape index (κ1) is 12.1. The molecule has 3 aromatic rings. The molecule has 0 fully saturated rings. The normalized spacial score (nSPS) is 10.8. The van der Waals surface area contributed by atoms with Crippen molar-refractivity contribution in [3.05, 3.63) is 40.5 Å². The number of hydrogen-bond donors (Lipinski definition) is 2. The van der Waals surface area contributed by atoms with Gasteiger partial charge in [-0.05, 0) is 18.2 Å². The highest BCUT2D eigenvalue weighted by molar-refractivity contribution is 6.36. The zero-order valence-corrected chi connectivity index (χ0v) is 11.0. The van der Waals surface area contributed by atoms with Gasteiger partial charge in [-0.3, -0.25) is 5.10 Å². The fourth-order valence-electron chi connectivity index (χ4n) is 1.82. The number of hydrogen-bond acceptors (Lipinski definition) is 4. The summed E-state index contributed by atoms with van der Waals surface area (Å²) in [6.45, 7) is 0. The number of rotatable bonds is 2. The van der Waals surface area contributed by atoms with Gasteiger partial charge in [0.15, 0.2) is 11.6 Å². The van der Waals surface area contributed by atoms with Crippen LogP contribution in [0.5, 0.6) is 0 Å². The van der Waals surface area contributed by atoms with E-state index in [-0.39, 0.29) is 5.82 Å². The lowest BCUT2D eigenvalue weighted by Crippen LogP contribution is -1.90. The van der Waals surface area contributed by atoms with Gasteiger partial charge in [-0.25, -0.2) is 0 Å². The van der Waals surface area contributed by atoms with Crippen molar-refractivity contribution in [2.24, 2.45) is 0 Å². The summed E-state index contributed by atoms with van der Waals surface area (Å²) in [5.41, 5.74) is 7.85. The summed E-state index contributed by atoms with van der Waals surface area (Å²) in [4.78, 5) is 0. The lowest BCUT2D eigenvalue weighted by atomic mass is 10.0. The predicted octanol–water partition coefficient (Wildman–Crippen LogP) is 3.62. The molecule has 0 unspecified atom stereocenters. The Morgan fingerprint density at radius 1 is 1.21 bits per heavy atom. The molecule has 96 valence electrons. The maximum Gasteiger partial charge on any atom is 0.194 e. The Morgan fingerprint density at radius 2 is 2.05 bits per heavy atom. The Morgan fingerprint density at radius 3 is 2.74 bits per heavy atom. The summed E-state index contributed by atoms with van der Waals surface area (Å²) in [6.07, 6.45) is 1.61. The van der Waals surface area contributed by atoms with Gasteiger partial charge in [0.25, 0.3) is 0 Å². The van der Waals surface area contributed by atoms with Crippen LogP contribution in [0.15, 0.2) is 35.0 Å². The minimum absolute atomic E-state index is 0.258. The van der Waals surface area contributed by atoms with Gasteiger partial charge in [0.1, 0.15) is 5.69 Å². The number of aromatic amines is 1. The fraction of sp³-hybridized carbons (Fsp3) is 0. The monoisotopic (exact) mass is 294 g/mol. The van der Waals surface area contributed by atoms with Gasteiger partial charge in [0.2, 0.25) is 0 Å². The number of H-pyrrole nitrogens is 1. The molecule has 0 bridgehead atoms. The number of nitrogens with two attached hydrogens (primary N) is 1. The molecule has 0 amide bonds. The average molecular weight is 295 g/mol. The molecule has 19 heavy (non-hydrogen) atoms. The van der Waals surface area contributed by atoms with E-state index in [1.807, 2.05) is 0 Å². The molecule has 0 atom stereocenters. The summed E-state index contributed by atoms with van der Waals surface area (Å²) in [6, 6.07) is 6.90. The van der Waals surface area contributed by atoms with E-state index in [9.17, 15) is 0 Å². The van der Waals surface area contributed by atoms with Gasteiger partial charge >= 0.3 is 0 Å². The number of nitrogens with one attached hydrogen (secondary N) is 1. The van der Waals surface area contributed by atoms with Crippen LogP contribution in [-0.2, 0) is 0 Å². The lowest BCUT2D eigenvalue weighted by Gasteiger charge is -2.04. The molecular weight excluding hydrogens is 287 g/mol.